The number of thiocarbonyl (C=S) groups is 1. The van der Waals surface area contributed by atoms with Gasteiger partial charge in [-0.2, -0.15) is 0 Å². The van der Waals surface area contributed by atoms with Gasteiger partial charge >= 0.3 is 13.6 Å². The number of phenolic OH excluding ortho intramolecular Hbond substituents is 1. The number of aromatic hydroxyl groups is 1. The second-order valence-electron chi connectivity index (χ2n) is 14.4. The molecule has 1 aliphatic carbocycles. The number of carboxylic acids is 1. The number of carbonyl (C=O) groups is 2. The predicted molar refractivity (Wildman–Crippen MR) is 239 cm³/mol. The van der Waals surface area contributed by atoms with Crippen LogP contribution in [0.2, 0.25) is 0 Å². The average Bonchev–Trinajstić information content (AvgIpc) is 3.24. The molecule has 0 aromatic heterocycles. The molecule has 65 heavy (non-hydrogen) atoms. The third-order valence-electron chi connectivity index (χ3n) is 9.62. The molecule has 0 bridgehead atoms. The number of ether oxygens (including phenoxy) is 4. The van der Waals surface area contributed by atoms with Gasteiger partial charge in [-0.3, -0.25) is 14.2 Å². The van der Waals surface area contributed by atoms with E-state index in [9.17, 15) is 49.4 Å². The SMILES string of the molecule is CC(=O)N[C@H]1[C@H]([C@H](O)[C@H](O)CCO)OC(P(=O)(O)OCCOCCOCCOCCNC(=S)Nc2ccc(-c3c4ccc(=O)cc-4oc4cc(O)ccc34)c(C(=O)O)c2)=C[C@@H]1N=C(N)N. The Labute approximate surface area is 376 Å². The second-order valence-corrected chi connectivity index (χ2v) is 16.5. The van der Waals surface area contributed by atoms with Crippen LogP contribution in [0.5, 0.6) is 5.75 Å². The average molecular weight is 947 g/mol. The van der Waals surface area contributed by atoms with Gasteiger partial charge in [0.15, 0.2) is 16.5 Å². The largest absolute Gasteiger partial charge is 0.508 e. The van der Waals surface area contributed by atoms with E-state index in [-0.39, 0.29) is 85.9 Å². The van der Waals surface area contributed by atoms with Crippen LogP contribution in [0.1, 0.15) is 23.7 Å². The number of nitrogens with two attached hydrogens (primary N) is 2. The summed E-state index contributed by atoms with van der Waals surface area (Å²) >= 11 is 5.39. The molecule has 5 rings (SSSR count). The number of phenols is 1. The third-order valence-corrected chi connectivity index (χ3v) is 11.2. The lowest BCUT2D eigenvalue weighted by Crippen LogP contribution is -2.59. The molecule has 22 nitrogen and oxygen atoms in total. The van der Waals surface area contributed by atoms with E-state index in [1.807, 2.05) is 0 Å². The van der Waals surface area contributed by atoms with Crippen LogP contribution in [0.3, 0.4) is 0 Å². The predicted octanol–water partition coefficient (Wildman–Crippen LogP) is 0.998. The van der Waals surface area contributed by atoms with Crippen LogP contribution in [0, 0.1) is 0 Å². The van der Waals surface area contributed by atoms with Gasteiger partial charge in [-0.15, -0.1) is 0 Å². The lowest BCUT2D eigenvalue weighted by atomic mass is 9.90. The van der Waals surface area contributed by atoms with Crippen LogP contribution < -0.4 is 32.8 Å². The number of anilines is 1. The number of guanidine groups is 1. The number of hydrogen-bond donors (Lipinski definition) is 11. The van der Waals surface area contributed by atoms with Gasteiger partial charge in [-0.1, -0.05) is 6.07 Å². The van der Waals surface area contributed by atoms with Gasteiger partial charge in [0.05, 0.1) is 70.0 Å². The first-order valence-electron chi connectivity index (χ1n) is 20.0. The number of carboxylic acid groups (broad SMARTS) is 1. The van der Waals surface area contributed by atoms with Crippen LogP contribution in [-0.4, -0.2) is 143 Å². The van der Waals surface area contributed by atoms with E-state index < -0.39 is 67.9 Å². The topological polar surface area (TPSA) is 349 Å². The maximum atomic E-state index is 13.2. The van der Waals surface area contributed by atoms with E-state index in [1.54, 1.807) is 24.3 Å². The first kappa shape index (κ1) is 50.3. The summed E-state index contributed by atoms with van der Waals surface area (Å²) < 4.78 is 46.3. The number of carbonyl (C=O) groups excluding carboxylic acids is 1. The van der Waals surface area contributed by atoms with E-state index in [1.165, 1.54) is 37.3 Å². The highest BCUT2D eigenvalue weighted by atomic mass is 32.1. The fraction of sp³-hybridized carbons (Fsp3) is 0.390. The van der Waals surface area contributed by atoms with Crippen molar-refractivity contribution >= 4 is 59.4 Å². The summed E-state index contributed by atoms with van der Waals surface area (Å²) in [5.41, 5.74) is 12.2. The summed E-state index contributed by atoms with van der Waals surface area (Å²) in [5, 5.41) is 59.8. The van der Waals surface area contributed by atoms with Gasteiger partial charge in [-0.05, 0) is 66.7 Å². The van der Waals surface area contributed by atoms with E-state index in [4.69, 9.17) is 51.6 Å². The van der Waals surface area contributed by atoms with Crippen LogP contribution in [0.25, 0.3) is 33.4 Å². The van der Waals surface area contributed by atoms with Crippen LogP contribution in [-0.2, 0) is 32.8 Å². The molecule has 0 fully saturated rings. The molecule has 1 unspecified atom stereocenters. The molecule has 2 heterocycles. The highest BCUT2D eigenvalue weighted by Gasteiger charge is 2.46. The van der Waals surface area contributed by atoms with E-state index in [2.05, 4.69) is 20.9 Å². The van der Waals surface area contributed by atoms with Gasteiger partial charge in [0, 0.05) is 54.4 Å². The molecule has 2 aromatic rings. The maximum absolute atomic E-state index is 13.2. The van der Waals surface area contributed by atoms with Crippen LogP contribution in [0.15, 0.2) is 80.4 Å². The molecule has 13 N–H and O–H groups in total. The number of hydrogen-bond acceptors (Lipinski definition) is 16. The Bertz CT molecular complexity index is 2450. The number of aliphatic imine (C=N–C) groups is 1. The van der Waals surface area contributed by atoms with Gasteiger partial charge in [0.1, 0.15) is 29.3 Å². The number of amides is 1. The molecule has 1 amide bonds. The standard InChI is InChI=1S/C41H51N6O16PS/c1-22(49)45-36-30(47-40(42)43)21-34(63-38(36)37(53)31(52)8-10-48)64(56,57)61-17-16-60-15-14-59-13-12-58-11-9-44-41(65)46-23-2-5-26(29(18-23)39(54)55)35-27-6-3-24(50)19-32(27)62-33-20-25(51)4-7-28(33)35/h2-7,18-21,30-31,36-38,48,50,52-53H,8-17H2,1H3,(H,45,49)(H,54,55)(H,56,57)(H4,42,43,47)(H2,44,46,65)/t30-,31+,36+,37+,38+/m0/s1. The number of aliphatic hydroxyl groups is 3. The minimum atomic E-state index is -4.72. The molecule has 0 saturated heterocycles. The number of nitrogens with one attached hydrogen (secondary N) is 3. The summed E-state index contributed by atoms with van der Waals surface area (Å²) in [6.07, 6.45) is -4.02. The number of rotatable bonds is 23. The summed E-state index contributed by atoms with van der Waals surface area (Å²) in [7, 11) is -4.72. The van der Waals surface area contributed by atoms with Gasteiger partial charge in [0.2, 0.25) is 11.4 Å². The minimum absolute atomic E-state index is 0.0453. The number of aliphatic hydroxyl groups excluding tert-OH is 3. The highest BCUT2D eigenvalue weighted by molar-refractivity contribution is 7.80. The maximum Gasteiger partial charge on any atom is 0.392 e. The van der Waals surface area contributed by atoms with Gasteiger partial charge in [0.25, 0.3) is 0 Å². The summed E-state index contributed by atoms with van der Waals surface area (Å²) in [6, 6.07) is 11.0. The quantitative estimate of drug-likeness (QED) is 0.0123. The first-order chi connectivity index (χ1) is 31.0. The van der Waals surface area contributed by atoms with Crippen LogP contribution >= 0.6 is 19.8 Å². The fourth-order valence-electron chi connectivity index (χ4n) is 6.76. The Morgan fingerprint density at radius 3 is 2.29 bits per heavy atom. The smallest absolute Gasteiger partial charge is 0.392 e. The Morgan fingerprint density at radius 2 is 1.63 bits per heavy atom. The molecule has 0 radical (unpaired) electrons. The molecule has 2 aromatic carbocycles. The van der Waals surface area contributed by atoms with Crippen molar-refractivity contribution in [3.05, 3.63) is 82.0 Å². The van der Waals surface area contributed by atoms with Gasteiger partial charge < -0.3 is 85.7 Å². The second kappa shape index (κ2) is 23.5. The molecule has 24 heteroatoms. The fourth-order valence-corrected chi connectivity index (χ4v) is 8.02. The normalized spacial score (nSPS) is 17.9. The summed E-state index contributed by atoms with van der Waals surface area (Å²) in [6.45, 7) is 1.49. The van der Waals surface area contributed by atoms with Crippen molar-refractivity contribution in [3.8, 4) is 28.2 Å². The summed E-state index contributed by atoms with van der Waals surface area (Å²) in [4.78, 5) is 51.2. The van der Waals surface area contributed by atoms with Crippen molar-refractivity contribution in [2.75, 3.05) is 64.7 Å². The molecular weight excluding hydrogens is 896 g/mol. The Morgan fingerprint density at radius 1 is 0.954 bits per heavy atom. The van der Waals surface area contributed by atoms with E-state index in [0.29, 0.717) is 34.3 Å². The molecular formula is C41H51N6O16PS. The van der Waals surface area contributed by atoms with Gasteiger partial charge in [-0.25, -0.2) is 9.79 Å². The lowest BCUT2D eigenvalue weighted by Gasteiger charge is -2.39. The molecule has 352 valence electrons. The van der Waals surface area contributed by atoms with Crippen molar-refractivity contribution < 1.29 is 72.5 Å². The van der Waals surface area contributed by atoms with E-state index >= 15 is 0 Å². The number of nitrogens with zero attached hydrogens (tertiary/aromatic N) is 1. The third kappa shape index (κ3) is 13.9. The molecule has 0 saturated carbocycles. The van der Waals surface area contributed by atoms with Crippen molar-refractivity contribution in [3.63, 3.8) is 0 Å². The number of fused-ring (bicyclic) bond motifs is 2. The molecule has 6 atom stereocenters. The first-order valence-corrected chi connectivity index (χ1v) is 22.0. The number of benzene rings is 3. The Balaban J connectivity index is 1.01. The molecule has 3 aliphatic rings. The van der Waals surface area contributed by atoms with Crippen molar-refractivity contribution in [1.82, 2.24) is 10.6 Å². The zero-order valence-electron chi connectivity index (χ0n) is 35.0. The zero-order valence-corrected chi connectivity index (χ0v) is 36.7. The Hall–Kier alpha value is -5.72. The minimum Gasteiger partial charge on any atom is -0.508 e. The molecule has 0 spiro atoms. The Kier molecular flexibility index (Phi) is 18.1. The lowest BCUT2D eigenvalue weighted by molar-refractivity contribution is -0.125. The monoisotopic (exact) mass is 946 g/mol. The highest BCUT2D eigenvalue weighted by Crippen LogP contribution is 2.53. The molecule has 2 aliphatic heterocycles. The van der Waals surface area contributed by atoms with Crippen LogP contribution in [0.4, 0.5) is 5.69 Å². The zero-order chi connectivity index (χ0) is 47.3. The number of aromatic carboxylic acids is 1. The van der Waals surface area contributed by atoms with Crippen molar-refractivity contribution in [2.24, 2.45) is 16.5 Å². The van der Waals surface area contributed by atoms with Crippen molar-refractivity contribution in [2.45, 2.75) is 43.7 Å². The van der Waals surface area contributed by atoms with E-state index in [0.717, 1.165) is 6.08 Å². The van der Waals surface area contributed by atoms with Crippen molar-refractivity contribution in [1.29, 1.82) is 0 Å². The summed E-state index contributed by atoms with van der Waals surface area (Å²) in [5.74, 6) is -2.04.